The Labute approximate surface area is 94.7 Å². The molecule has 0 aromatic carbocycles. The second kappa shape index (κ2) is 5.88. The summed E-state index contributed by atoms with van der Waals surface area (Å²) in [5.41, 5.74) is 6.82. The van der Waals surface area contributed by atoms with Gasteiger partial charge in [-0.25, -0.2) is 0 Å². The molecule has 4 heteroatoms. The van der Waals surface area contributed by atoms with Crippen LogP contribution in [0.5, 0.6) is 0 Å². The molecule has 1 rings (SSSR count). The van der Waals surface area contributed by atoms with E-state index in [0.29, 0.717) is 6.42 Å². The molecular formula is C11H18N2OS. The molecule has 84 valence electrons. The molecule has 2 atom stereocenters. The van der Waals surface area contributed by atoms with Gasteiger partial charge in [-0.15, -0.1) is 0 Å². The summed E-state index contributed by atoms with van der Waals surface area (Å²) in [7, 11) is 0. The van der Waals surface area contributed by atoms with Crippen LogP contribution in [0.3, 0.4) is 0 Å². The van der Waals surface area contributed by atoms with Crippen molar-refractivity contribution in [3.63, 3.8) is 0 Å². The highest BCUT2D eigenvalue weighted by molar-refractivity contribution is 7.07. The standard InChI is InChI=1S/C11H18N2OS/c1-8(12)5-11(14)13-9(2)6-10-3-4-15-7-10/h3-4,7-9H,5-6,12H2,1-2H3,(H,13,14). The molecule has 1 aromatic rings. The van der Waals surface area contributed by atoms with Gasteiger partial charge in [0.1, 0.15) is 0 Å². The van der Waals surface area contributed by atoms with Gasteiger partial charge >= 0.3 is 0 Å². The molecule has 0 saturated heterocycles. The number of carbonyl (C=O) groups is 1. The van der Waals surface area contributed by atoms with Crippen LogP contribution in [0.1, 0.15) is 25.8 Å². The van der Waals surface area contributed by atoms with E-state index >= 15 is 0 Å². The quantitative estimate of drug-likeness (QED) is 0.800. The molecule has 1 heterocycles. The summed E-state index contributed by atoms with van der Waals surface area (Å²) in [5, 5.41) is 7.09. The van der Waals surface area contributed by atoms with Crippen LogP contribution in [-0.4, -0.2) is 18.0 Å². The fourth-order valence-corrected chi connectivity index (χ4v) is 2.12. The first-order chi connectivity index (χ1) is 7.08. The molecular weight excluding hydrogens is 208 g/mol. The van der Waals surface area contributed by atoms with E-state index in [0.717, 1.165) is 6.42 Å². The van der Waals surface area contributed by atoms with Crippen LogP contribution in [0.25, 0.3) is 0 Å². The summed E-state index contributed by atoms with van der Waals surface area (Å²) in [5.74, 6) is 0.0349. The van der Waals surface area contributed by atoms with Gasteiger partial charge in [-0.1, -0.05) is 0 Å². The average Bonchev–Trinajstić information content (AvgIpc) is 2.53. The molecule has 0 saturated carbocycles. The zero-order chi connectivity index (χ0) is 11.3. The number of nitrogens with two attached hydrogens (primary N) is 1. The average molecular weight is 226 g/mol. The Balaban J connectivity index is 2.29. The molecule has 3 N–H and O–H groups in total. The Kier molecular flexibility index (Phi) is 4.78. The second-order valence-corrected chi connectivity index (χ2v) is 4.77. The molecule has 1 amide bonds. The smallest absolute Gasteiger partial charge is 0.221 e. The van der Waals surface area contributed by atoms with Crippen molar-refractivity contribution in [3.05, 3.63) is 22.4 Å². The number of rotatable bonds is 5. The molecule has 0 fully saturated rings. The van der Waals surface area contributed by atoms with Crippen LogP contribution < -0.4 is 11.1 Å². The number of nitrogens with one attached hydrogen (secondary N) is 1. The zero-order valence-corrected chi connectivity index (χ0v) is 10.0. The normalized spacial score (nSPS) is 14.6. The molecule has 0 radical (unpaired) electrons. The van der Waals surface area contributed by atoms with Gasteiger partial charge in [-0.3, -0.25) is 4.79 Å². The van der Waals surface area contributed by atoms with Crippen LogP contribution in [0, 0.1) is 0 Å². The van der Waals surface area contributed by atoms with Gasteiger partial charge < -0.3 is 11.1 Å². The van der Waals surface area contributed by atoms with Gasteiger partial charge in [0.2, 0.25) is 5.91 Å². The summed E-state index contributed by atoms with van der Waals surface area (Å²) in [4.78, 5) is 11.4. The predicted octanol–water partition coefficient (Wildman–Crippen LogP) is 1.53. The molecule has 0 aliphatic carbocycles. The second-order valence-electron chi connectivity index (χ2n) is 3.99. The van der Waals surface area contributed by atoms with Crippen molar-refractivity contribution in [3.8, 4) is 0 Å². The molecule has 0 aliphatic rings. The van der Waals surface area contributed by atoms with E-state index in [1.165, 1.54) is 5.56 Å². The van der Waals surface area contributed by atoms with E-state index in [4.69, 9.17) is 5.73 Å². The largest absolute Gasteiger partial charge is 0.353 e. The van der Waals surface area contributed by atoms with Crippen molar-refractivity contribution < 1.29 is 4.79 Å². The minimum Gasteiger partial charge on any atom is -0.353 e. The van der Waals surface area contributed by atoms with Crippen molar-refractivity contribution in [1.82, 2.24) is 5.32 Å². The SMILES string of the molecule is CC(N)CC(=O)NC(C)Cc1ccsc1. The third-order valence-electron chi connectivity index (χ3n) is 2.04. The first kappa shape index (κ1) is 12.2. The molecule has 1 aromatic heterocycles. The topological polar surface area (TPSA) is 55.1 Å². The number of carbonyl (C=O) groups excluding carboxylic acids is 1. The van der Waals surface area contributed by atoms with E-state index in [1.807, 2.05) is 19.2 Å². The Hall–Kier alpha value is -0.870. The van der Waals surface area contributed by atoms with Crippen LogP contribution >= 0.6 is 11.3 Å². The van der Waals surface area contributed by atoms with Crippen molar-refractivity contribution >= 4 is 17.2 Å². The fraction of sp³-hybridized carbons (Fsp3) is 0.545. The minimum atomic E-state index is -0.0710. The fourth-order valence-electron chi connectivity index (χ4n) is 1.44. The Morgan fingerprint density at radius 2 is 2.33 bits per heavy atom. The van der Waals surface area contributed by atoms with E-state index in [2.05, 4.69) is 16.8 Å². The highest BCUT2D eigenvalue weighted by Gasteiger charge is 2.09. The molecule has 0 aliphatic heterocycles. The van der Waals surface area contributed by atoms with E-state index < -0.39 is 0 Å². The highest BCUT2D eigenvalue weighted by Crippen LogP contribution is 2.08. The van der Waals surface area contributed by atoms with Crippen molar-refractivity contribution in [2.45, 2.75) is 38.8 Å². The highest BCUT2D eigenvalue weighted by atomic mass is 32.1. The van der Waals surface area contributed by atoms with Crippen LogP contribution in [-0.2, 0) is 11.2 Å². The number of amides is 1. The molecule has 15 heavy (non-hydrogen) atoms. The summed E-state index contributed by atoms with van der Waals surface area (Å²) in [6.45, 7) is 3.85. The lowest BCUT2D eigenvalue weighted by Gasteiger charge is -2.14. The van der Waals surface area contributed by atoms with Gasteiger partial charge in [0.05, 0.1) is 0 Å². The van der Waals surface area contributed by atoms with Crippen molar-refractivity contribution in [2.75, 3.05) is 0 Å². The van der Waals surface area contributed by atoms with E-state index in [1.54, 1.807) is 11.3 Å². The first-order valence-corrected chi connectivity index (χ1v) is 6.08. The third-order valence-corrected chi connectivity index (χ3v) is 2.77. The molecule has 0 spiro atoms. The van der Waals surface area contributed by atoms with Crippen LogP contribution in [0.15, 0.2) is 16.8 Å². The van der Waals surface area contributed by atoms with Gasteiger partial charge in [0, 0.05) is 18.5 Å². The lowest BCUT2D eigenvalue weighted by atomic mass is 10.1. The Morgan fingerprint density at radius 1 is 1.60 bits per heavy atom. The number of hydrogen-bond donors (Lipinski definition) is 2. The maximum atomic E-state index is 11.4. The van der Waals surface area contributed by atoms with Crippen molar-refractivity contribution in [2.24, 2.45) is 5.73 Å². The van der Waals surface area contributed by atoms with Gasteiger partial charge in [0.25, 0.3) is 0 Å². The molecule has 0 bridgehead atoms. The first-order valence-electron chi connectivity index (χ1n) is 5.14. The zero-order valence-electron chi connectivity index (χ0n) is 9.19. The predicted molar refractivity (Wildman–Crippen MR) is 63.9 cm³/mol. The summed E-state index contributed by atoms with van der Waals surface area (Å²) < 4.78 is 0. The van der Waals surface area contributed by atoms with Gasteiger partial charge in [-0.05, 0) is 42.7 Å². The van der Waals surface area contributed by atoms with Crippen molar-refractivity contribution in [1.29, 1.82) is 0 Å². The lowest BCUT2D eigenvalue weighted by molar-refractivity contribution is -0.121. The third kappa shape index (κ3) is 4.95. The van der Waals surface area contributed by atoms with E-state index in [9.17, 15) is 4.79 Å². The molecule has 3 nitrogen and oxygen atoms in total. The minimum absolute atomic E-state index is 0.0349. The molecule has 2 unspecified atom stereocenters. The number of thiophene rings is 1. The van der Waals surface area contributed by atoms with Gasteiger partial charge in [-0.2, -0.15) is 11.3 Å². The summed E-state index contributed by atoms with van der Waals surface area (Å²) in [6, 6.07) is 2.18. The number of hydrogen-bond acceptors (Lipinski definition) is 3. The van der Waals surface area contributed by atoms with Gasteiger partial charge in [0.15, 0.2) is 0 Å². The lowest BCUT2D eigenvalue weighted by Crippen LogP contribution is -2.36. The van der Waals surface area contributed by atoms with Crippen LogP contribution in [0.4, 0.5) is 0 Å². The maximum Gasteiger partial charge on any atom is 0.221 e. The van der Waals surface area contributed by atoms with Crippen LogP contribution in [0.2, 0.25) is 0 Å². The summed E-state index contributed by atoms with van der Waals surface area (Å²) in [6.07, 6.45) is 1.28. The maximum absolute atomic E-state index is 11.4. The Bertz CT molecular complexity index is 296. The monoisotopic (exact) mass is 226 g/mol. The summed E-state index contributed by atoms with van der Waals surface area (Å²) >= 11 is 1.68. The van der Waals surface area contributed by atoms with E-state index in [-0.39, 0.29) is 18.0 Å². The Morgan fingerprint density at radius 3 is 2.87 bits per heavy atom.